The molecule has 0 amide bonds. The molecular weight excluding hydrogens is 420 g/mol. The summed E-state index contributed by atoms with van der Waals surface area (Å²) in [6.07, 6.45) is 0.414. The second-order valence-electron chi connectivity index (χ2n) is 8.59. The summed E-state index contributed by atoms with van der Waals surface area (Å²) in [6, 6.07) is 24.0. The SMILES string of the molecule is COC(=O)[C@]1(Cc2ccccc2)N[C@H]2c3ccccc3OC[C@H]2[C@@H]1c1ccc([N+](=O)[O-])cc1. The first-order valence-electron chi connectivity index (χ1n) is 10.9. The number of fused-ring (bicyclic) bond motifs is 3. The van der Waals surface area contributed by atoms with Crippen LogP contribution in [0.15, 0.2) is 78.9 Å². The van der Waals surface area contributed by atoms with E-state index in [2.05, 4.69) is 5.32 Å². The molecule has 0 aromatic heterocycles. The molecule has 3 aromatic carbocycles. The van der Waals surface area contributed by atoms with Gasteiger partial charge in [-0.15, -0.1) is 0 Å². The second kappa shape index (κ2) is 8.33. The van der Waals surface area contributed by atoms with Crippen molar-refractivity contribution in [2.24, 2.45) is 5.92 Å². The number of carbonyl (C=O) groups is 1. The van der Waals surface area contributed by atoms with Crippen LogP contribution < -0.4 is 10.1 Å². The van der Waals surface area contributed by atoms with Gasteiger partial charge in [-0.1, -0.05) is 60.7 Å². The maximum atomic E-state index is 13.5. The lowest BCUT2D eigenvalue weighted by atomic mass is 9.71. The number of nitrogens with one attached hydrogen (secondary N) is 1. The van der Waals surface area contributed by atoms with Crippen LogP contribution in [-0.4, -0.2) is 30.1 Å². The lowest BCUT2D eigenvalue weighted by Gasteiger charge is -2.35. The molecule has 5 rings (SSSR count). The van der Waals surface area contributed by atoms with Crippen LogP contribution in [0.25, 0.3) is 0 Å². The minimum atomic E-state index is -1.07. The smallest absolute Gasteiger partial charge is 0.327 e. The molecule has 0 spiro atoms. The first-order valence-corrected chi connectivity index (χ1v) is 10.9. The van der Waals surface area contributed by atoms with Crippen LogP contribution >= 0.6 is 0 Å². The van der Waals surface area contributed by atoms with Crippen LogP contribution in [0.5, 0.6) is 5.75 Å². The van der Waals surface area contributed by atoms with Crippen molar-refractivity contribution in [3.63, 3.8) is 0 Å². The Bertz CT molecular complexity index is 1180. The van der Waals surface area contributed by atoms with Crippen LogP contribution in [0, 0.1) is 16.0 Å². The standard InChI is InChI=1S/C26H24N2O5/c1-32-25(29)26(15-17-7-3-2-4-8-17)23(18-11-13-19(14-12-18)28(30)31)21-16-33-22-10-6-5-9-20(22)24(21)27-26/h2-14,21,23-24,27H,15-16H2,1H3/t21-,23-,24-,26+/m0/s1. The van der Waals surface area contributed by atoms with Crippen molar-refractivity contribution < 1.29 is 19.2 Å². The van der Waals surface area contributed by atoms with Gasteiger partial charge in [0, 0.05) is 42.0 Å². The van der Waals surface area contributed by atoms with Crippen molar-refractivity contribution in [3.8, 4) is 5.75 Å². The Morgan fingerprint density at radius 1 is 1.09 bits per heavy atom. The van der Waals surface area contributed by atoms with Crippen molar-refractivity contribution in [1.29, 1.82) is 0 Å². The Labute approximate surface area is 191 Å². The van der Waals surface area contributed by atoms with Crippen LogP contribution in [0.3, 0.4) is 0 Å². The molecule has 168 valence electrons. The van der Waals surface area contributed by atoms with Crippen molar-refractivity contribution in [3.05, 3.63) is 106 Å². The molecule has 3 aromatic rings. The van der Waals surface area contributed by atoms with Crippen molar-refractivity contribution in [1.82, 2.24) is 5.32 Å². The first-order chi connectivity index (χ1) is 16.0. The highest BCUT2D eigenvalue weighted by atomic mass is 16.6. The van der Waals surface area contributed by atoms with E-state index in [1.54, 1.807) is 12.1 Å². The zero-order valence-corrected chi connectivity index (χ0v) is 18.1. The lowest BCUT2D eigenvalue weighted by Crippen LogP contribution is -2.54. The molecule has 2 aliphatic heterocycles. The van der Waals surface area contributed by atoms with Gasteiger partial charge >= 0.3 is 5.97 Å². The van der Waals surface area contributed by atoms with Crippen LogP contribution in [-0.2, 0) is 16.0 Å². The van der Waals surface area contributed by atoms with Crippen molar-refractivity contribution in [2.45, 2.75) is 23.9 Å². The van der Waals surface area contributed by atoms with Crippen LogP contribution in [0.2, 0.25) is 0 Å². The fourth-order valence-electron chi connectivity index (χ4n) is 5.44. The maximum Gasteiger partial charge on any atom is 0.327 e. The van der Waals surface area contributed by atoms with E-state index in [4.69, 9.17) is 9.47 Å². The van der Waals surface area contributed by atoms with E-state index in [1.165, 1.54) is 19.2 Å². The minimum Gasteiger partial charge on any atom is -0.493 e. The summed E-state index contributed by atoms with van der Waals surface area (Å²) in [5.41, 5.74) is 1.78. The molecule has 7 heteroatoms. The van der Waals surface area contributed by atoms with E-state index in [0.29, 0.717) is 13.0 Å². The topological polar surface area (TPSA) is 90.7 Å². The van der Waals surface area contributed by atoms with Crippen molar-refractivity contribution in [2.75, 3.05) is 13.7 Å². The lowest BCUT2D eigenvalue weighted by molar-refractivity contribution is -0.384. The molecule has 0 radical (unpaired) electrons. The summed E-state index contributed by atoms with van der Waals surface area (Å²) in [7, 11) is 1.40. The summed E-state index contributed by atoms with van der Waals surface area (Å²) in [5.74, 6) is 0.0594. The average Bonchev–Trinajstić information content (AvgIpc) is 3.19. The number of non-ortho nitro benzene ring substituents is 1. The third-order valence-electron chi connectivity index (χ3n) is 6.82. The Morgan fingerprint density at radius 3 is 2.48 bits per heavy atom. The number of nitrogens with zero attached hydrogens (tertiary/aromatic N) is 1. The number of hydrogen-bond donors (Lipinski definition) is 1. The molecule has 1 N–H and O–H groups in total. The van der Waals surface area contributed by atoms with Crippen molar-refractivity contribution >= 4 is 11.7 Å². The largest absolute Gasteiger partial charge is 0.493 e. The summed E-state index contributed by atoms with van der Waals surface area (Å²) in [5, 5.41) is 14.9. The fraction of sp³-hybridized carbons (Fsp3) is 0.269. The molecule has 33 heavy (non-hydrogen) atoms. The maximum absolute atomic E-state index is 13.5. The molecule has 0 unspecified atom stereocenters. The Morgan fingerprint density at radius 2 is 1.79 bits per heavy atom. The van der Waals surface area contributed by atoms with Gasteiger partial charge in [0.1, 0.15) is 11.3 Å². The molecule has 4 atom stereocenters. The summed E-state index contributed by atoms with van der Waals surface area (Å²) < 4.78 is 11.5. The zero-order chi connectivity index (χ0) is 23.0. The van der Waals surface area contributed by atoms with E-state index < -0.39 is 10.5 Å². The van der Waals surface area contributed by atoms with E-state index in [-0.39, 0.29) is 29.5 Å². The summed E-state index contributed by atoms with van der Waals surface area (Å²) in [6.45, 7) is 0.421. The third-order valence-corrected chi connectivity index (χ3v) is 6.82. The Hall–Kier alpha value is -3.71. The number of hydrogen-bond acceptors (Lipinski definition) is 6. The van der Waals surface area contributed by atoms with Gasteiger partial charge in [-0.2, -0.15) is 0 Å². The summed E-state index contributed by atoms with van der Waals surface area (Å²) in [4.78, 5) is 24.3. The normalized spacial score (nSPS) is 25.4. The zero-order valence-electron chi connectivity index (χ0n) is 18.1. The number of esters is 1. The van der Waals surface area contributed by atoms with Gasteiger partial charge in [-0.05, 0) is 17.2 Å². The number of ether oxygens (including phenoxy) is 2. The molecule has 0 saturated carbocycles. The van der Waals surface area contributed by atoms with Crippen LogP contribution in [0.1, 0.15) is 28.7 Å². The number of methoxy groups -OCH3 is 1. The number of para-hydroxylation sites is 1. The van der Waals surface area contributed by atoms with E-state index in [9.17, 15) is 14.9 Å². The highest BCUT2D eigenvalue weighted by Gasteiger charge is 2.60. The summed E-state index contributed by atoms with van der Waals surface area (Å²) >= 11 is 0. The highest BCUT2D eigenvalue weighted by molar-refractivity contribution is 5.84. The molecule has 1 fully saturated rings. The van der Waals surface area contributed by atoms with E-state index in [0.717, 1.165) is 22.4 Å². The van der Waals surface area contributed by atoms with Gasteiger partial charge in [-0.25, -0.2) is 0 Å². The molecule has 2 aliphatic rings. The highest BCUT2D eigenvalue weighted by Crippen LogP contribution is 2.54. The molecule has 0 bridgehead atoms. The van der Waals surface area contributed by atoms with E-state index in [1.807, 2.05) is 54.6 Å². The second-order valence-corrected chi connectivity index (χ2v) is 8.59. The number of nitro benzene ring substituents is 1. The van der Waals surface area contributed by atoms with Gasteiger partial charge in [0.15, 0.2) is 0 Å². The Balaban J connectivity index is 1.67. The van der Waals surface area contributed by atoms with Gasteiger partial charge in [-0.3, -0.25) is 20.2 Å². The molecule has 0 aliphatic carbocycles. The third kappa shape index (κ3) is 3.54. The molecule has 7 nitrogen and oxygen atoms in total. The van der Waals surface area contributed by atoms with E-state index >= 15 is 0 Å². The fourth-order valence-corrected chi connectivity index (χ4v) is 5.44. The Kier molecular flexibility index (Phi) is 5.34. The first kappa shape index (κ1) is 21.2. The van der Waals surface area contributed by atoms with Gasteiger partial charge in [0.05, 0.1) is 18.6 Å². The quantitative estimate of drug-likeness (QED) is 0.361. The van der Waals surface area contributed by atoms with Crippen LogP contribution in [0.4, 0.5) is 5.69 Å². The minimum absolute atomic E-state index is 0.0122. The molecule has 1 saturated heterocycles. The predicted molar refractivity (Wildman–Crippen MR) is 122 cm³/mol. The van der Waals surface area contributed by atoms with Gasteiger partial charge < -0.3 is 9.47 Å². The predicted octanol–water partition coefficient (Wildman–Crippen LogP) is 4.19. The van der Waals surface area contributed by atoms with Gasteiger partial charge in [0.25, 0.3) is 5.69 Å². The molecular formula is C26H24N2O5. The monoisotopic (exact) mass is 444 g/mol. The average molecular weight is 444 g/mol. The van der Waals surface area contributed by atoms with Gasteiger partial charge in [0.2, 0.25) is 0 Å². The number of carbonyl (C=O) groups excluding carboxylic acids is 1. The molecule has 2 heterocycles. The number of benzene rings is 3. The number of nitro groups is 1. The number of rotatable bonds is 5.